The lowest BCUT2D eigenvalue weighted by atomic mass is 10.2. The Bertz CT molecular complexity index is 706. The maximum absolute atomic E-state index is 5.77. The molecule has 0 aliphatic rings. The van der Waals surface area contributed by atoms with Crippen molar-refractivity contribution in [1.82, 2.24) is 4.98 Å². The normalized spacial score (nSPS) is 10.8. The van der Waals surface area contributed by atoms with Crippen molar-refractivity contribution >= 4 is 48.3 Å². The van der Waals surface area contributed by atoms with Crippen LogP contribution in [0.4, 0.5) is 10.8 Å². The van der Waals surface area contributed by atoms with E-state index < -0.39 is 0 Å². The average Bonchev–Trinajstić information content (AvgIpc) is 2.80. The number of aromatic nitrogens is 1. The highest BCUT2D eigenvalue weighted by molar-refractivity contribution is 9.10. The smallest absolute Gasteiger partial charge is 0.184 e. The van der Waals surface area contributed by atoms with E-state index in [1.807, 2.05) is 30.3 Å². The van der Waals surface area contributed by atoms with Gasteiger partial charge in [-0.1, -0.05) is 39.4 Å². The van der Waals surface area contributed by atoms with Gasteiger partial charge in [-0.25, -0.2) is 4.98 Å². The first kappa shape index (κ1) is 12.4. The van der Waals surface area contributed by atoms with Gasteiger partial charge in [0.05, 0.1) is 10.2 Å². The fourth-order valence-electron chi connectivity index (χ4n) is 1.80. The molecule has 0 fully saturated rings. The Morgan fingerprint density at radius 3 is 2.74 bits per heavy atom. The van der Waals surface area contributed by atoms with Crippen molar-refractivity contribution in [3.05, 3.63) is 52.5 Å². The van der Waals surface area contributed by atoms with E-state index in [-0.39, 0.29) is 0 Å². The van der Waals surface area contributed by atoms with E-state index in [1.54, 1.807) is 11.3 Å². The van der Waals surface area contributed by atoms with E-state index in [4.69, 9.17) is 5.73 Å². The molecule has 0 atom stereocenters. The Kier molecular flexibility index (Phi) is 3.40. The van der Waals surface area contributed by atoms with Crippen LogP contribution in [0.5, 0.6) is 0 Å². The molecule has 1 heterocycles. The summed E-state index contributed by atoms with van der Waals surface area (Å²) in [5, 5.41) is 4.26. The number of thiazole rings is 1. The van der Waals surface area contributed by atoms with Crippen LogP contribution in [0.3, 0.4) is 0 Å². The van der Waals surface area contributed by atoms with Crippen molar-refractivity contribution in [2.24, 2.45) is 0 Å². The lowest BCUT2D eigenvalue weighted by Gasteiger charge is -2.02. The highest BCUT2D eigenvalue weighted by Crippen LogP contribution is 2.27. The molecule has 0 saturated carbocycles. The van der Waals surface area contributed by atoms with Crippen molar-refractivity contribution in [3.8, 4) is 0 Å². The maximum Gasteiger partial charge on any atom is 0.184 e. The molecule has 0 amide bonds. The quantitative estimate of drug-likeness (QED) is 0.704. The molecular weight excluding hydrogens is 322 g/mol. The van der Waals surface area contributed by atoms with Gasteiger partial charge in [0.25, 0.3) is 0 Å². The number of nitrogens with zero attached hydrogens (tertiary/aromatic N) is 1. The SMILES string of the molecule is Nc1ccc2nc(NCc3ccc(Br)cc3)sc2c1. The van der Waals surface area contributed by atoms with Gasteiger partial charge in [0.2, 0.25) is 0 Å². The zero-order valence-electron chi connectivity index (χ0n) is 10.1. The summed E-state index contributed by atoms with van der Waals surface area (Å²) in [5.74, 6) is 0. The van der Waals surface area contributed by atoms with Gasteiger partial charge in [0.1, 0.15) is 0 Å². The first-order chi connectivity index (χ1) is 9.20. The largest absolute Gasteiger partial charge is 0.399 e. The molecule has 0 aliphatic carbocycles. The fourth-order valence-corrected chi connectivity index (χ4v) is 2.97. The van der Waals surface area contributed by atoms with Crippen molar-refractivity contribution < 1.29 is 0 Å². The molecule has 5 heteroatoms. The predicted molar refractivity (Wildman–Crippen MR) is 85.5 cm³/mol. The van der Waals surface area contributed by atoms with E-state index in [9.17, 15) is 0 Å². The van der Waals surface area contributed by atoms with E-state index in [1.165, 1.54) is 5.56 Å². The summed E-state index contributed by atoms with van der Waals surface area (Å²) >= 11 is 5.05. The standard InChI is InChI=1S/C14H12BrN3S/c15-10-3-1-9(2-4-10)8-17-14-18-12-6-5-11(16)7-13(12)19-14/h1-7H,8,16H2,(H,17,18). The van der Waals surface area contributed by atoms with Gasteiger partial charge in [0.15, 0.2) is 5.13 Å². The molecule has 3 nitrogen and oxygen atoms in total. The van der Waals surface area contributed by atoms with E-state index >= 15 is 0 Å². The van der Waals surface area contributed by atoms with Crippen molar-refractivity contribution in [2.45, 2.75) is 6.54 Å². The molecule has 2 aromatic carbocycles. The number of nitrogen functional groups attached to an aromatic ring is 1. The molecule has 3 aromatic rings. The molecule has 96 valence electrons. The molecule has 0 aliphatic heterocycles. The van der Waals surface area contributed by atoms with Gasteiger partial charge in [-0.3, -0.25) is 0 Å². The number of nitrogens with one attached hydrogen (secondary N) is 1. The molecule has 0 radical (unpaired) electrons. The second-order valence-corrected chi connectivity index (χ2v) is 6.17. The summed E-state index contributed by atoms with van der Waals surface area (Å²) in [5.41, 5.74) is 8.75. The van der Waals surface area contributed by atoms with Crippen LogP contribution >= 0.6 is 27.3 Å². The van der Waals surface area contributed by atoms with Gasteiger partial charge < -0.3 is 11.1 Å². The predicted octanol–water partition coefficient (Wildman–Crippen LogP) is 4.25. The minimum absolute atomic E-state index is 0.766. The summed E-state index contributed by atoms with van der Waals surface area (Å²) in [6.07, 6.45) is 0. The molecular formula is C14H12BrN3S. The third kappa shape index (κ3) is 2.88. The molecule has 1 aromatic heterocycles. The number of anilines is 2. The van der Waals surface area contributed by atoms with Gasteiger partial charge >= 0.3 is 0 Å². The highest BCUT2D eigenvalue weighted by Gasteiger charge is 2.03. The first-order valence-corrected chi connectivity index (χ1v) is 7.46. The zero-order valence-corrected chi connectivity index (χ0v) is 12.5. The Hall–Kier alpha value is -1.59. The van der Waals surface area contributed by atoms with E-state index in [0.29, 0.717) is 0 Å². The van der Waals surface area contributed by atoms with Gasteiger partial charge in [-0.2, -0.15) is 0 Å². The number of hydrogen-bond donors (Lipinski definition) is 2. The minimum Gasteiger partial charge on any atom is -0.399 e. The minimum atomic E-state index is 0.766. The fraction of sp³-hybridized carbons (Fsp3) is 0.0714. The van der Waals surface area contributed by atoms with Gasteiger partial charge in [-0.15, -0.1) is 0 Å². The number of benzene rings is 2. The van der Waals surface area contributed by atoms with Crippen LogP contribution in [-0.4, -0.2) is 4.98 Å². The van der Waals surface area contributed by atoms with Crippen LogP contribution in [-0.2, 0) is 6.54 Å². The van der Waals surface area contributed by atoms with E-state index in [0.717, 1.165) is 32.1 Å². The Morgan fingerprint density at radius 1 is 1.16 bits per heavy atom. The third-order valence-corrected chi connectivity index (χ3v) is 4.27. The van der Waals surface area contributed by atoms with E-state index in [2.05, 4.69) is 38.4 Å². The number of hydrogen-bond acceptors (Lipinski definition) is 4. The van der Waals surface area contributed by atoms with Crippen LogP contribution in [0.2, 0.25) is 0 Å². The Morgan fingerprint density at radius 2 is 1.95 bits per heavy atom. The van der Waals surface area contributed by atoms with Crippen LogP contribution in [0.1, 0.15) is 5.56 Å². The highest BCUT2D eigenvalue weighted by atomic mass is 79.9. The van der Waals surface area contributed by atoms with Crippen LogP contribution in [0.15, 0.2) is 46.9 Å². The van der Waals surface area contributed by atoms with Crippen molar-refractivity contribution in [1.29, 1.82) is 0 Å². The summed E-state index contributed by atoms with van der Waals surface area (Å²) in [6.45, 7) is 0.766. The summed E-state index contributed by atoms with van der Waals surface area (Å²) in [6, 6.07) is 14.0. The summed E-state index contributed by atoms with van der Waals surface area (Å²) < 4.78 is 2.20. The second kappa shape index (κ2) is 5.19. The summed E-state index contributed by atoms with van der Waals surface area (Å²) in [7, 11) is 0. The third-order valence-electron chi connectivity index (χ3n) is 2.77. The second-order valence-electron chi connectivity index (χ2n) is 4.23. The lowest BCUT2D eigenvalue weighted by Crippen LogP contribution is -1.98. The Labute approximate surface area is 123 Å². The Balaban J connectivity index is 1.76. The monoisotopic (exact) mass is 333 g/mol. The molecule has 0 saturated heterocycles. The van der Waals surface area contributed by atoms with Gasteiger partial charge in [0, 0.05) is 16.7 Å². The van der Waals surface area contributed by atoms with Crippen LogP contribution in [0.25, 0.3) is 10.2 Å². The molecule has 19 heavy (non-hydrogen) atoms. The maximum atomic E-state index is 5.77. The number of fused-ring (bicyclic) bond motifs is 1. The number of nitrogens with two attached hydrogens (primary N) is 1. The topological polar surface area (TPSA) is 50.9 Å². The summed E-state index contributed by atoms with van der Waals surface area (Å²) in [4.78, 5) is 4.53. The van der Waals surface area contributed by atoms with Crippen molar-refractivity contribution in [3.63, 3.8) is 0 Å². The molecule has 0 bridgehead atoms. The molecule has 3 rings (SSSR count). The lowest BCUT2D eigenvalue weighted by molar-refractivity contribution is 1.14. The molecule has 0 unspecified atom stereocenters. The van der Waals surface area contributed by atoms with Crippen LogP contribution in [0, 0.1) is 0 Å². The van der Waals surface area contributed by atoms with Gasteiger partial charge in [-0.05, 0) is 35.9 Å². The van der Waals surface area contributed by atoms with Crippen molar-refractivity contribution in [2.75, 3.05) is 11.1 Å². The molecule has 3 N–H and O–H groups in total. The molecule has 0 spiro atoms. The average molecular weight is 334 g/mol. The number of halogens is 1. The first-order valence-electron chi connectivity index (χ1n) is 5.85. The van der Waals surface area contributed by atoms with Crippen LogP contribution < -0.4 is 11.1 Å². The zero-order chi connectivity index (χ0) is 13.2. The number of rotatable bonds is 3.